The fraction of sp³-hybridized carbons (Fsp3) is 0.200. The summed E-state index contributed by atoms with van der Waals surface area (Å²) in [5, 5.41) is 0. The van der Waals surface area contributed by atoms with Crippen LogP contribution in [0.15, 0.2) is 46.9 Å². The normalized spacial score (nSPS) is 10.3. The van der Waals surface area contributed by atoms with Crippen molar-refractivity contribution in [2.75, 3.05) is 12.3 Å². The van der Waals surface area contributed by atoms with E-state index in [1.54, 1.807) is 0 Å². The van der Waals surface area contributed by atoms with Crippen LogP contribution in [0.1, 0.15) is 11.1 Å². The van der Waals surface area contributed by atoms with Crippen molar-refractivity contribution >= 4 is 21.6 Å². The highest BCUT2D eigenvalue weighted by molar-refractivity contribution is 9.10. The Bertz CT molecular complexity index is 540. The standard InChI is InChI=1S/C15H16BrNO/c1-11-10-13(6-7-14(11)16)18-9-8-12-4-2-3-5-15(12)17/h2-7,10H,8-9,17H2,1H3. The molecule has 3 heteroatoms. The molecule has 2 aromatic carbocycles. The average Bonchev–Trinajstić information content (AvgIpc) is 2.36. The van der Waals surface area contributed by atoms with Crippen LogP contribution in [0.4, 0.5) is 5.69 Å². The highest BCUT2D eigenvalue weighted by Gasteiger charge is 2.00. The zero-order chi connectivity index (χ0) is 13.0. The molecule has 0 saturated heterocycles. The zero-order valence-corrected chi connectivity index (χ0v) is 11.9. The monoisotopic (exact) mass is 305 g/mol. The van der Waals surface area contributed by atoms with E-state index in [0.717, 1.165) is 27.9 Å². The number of hydrogen-bond acceptors (Lipinski definition) is 2. The smallest absolute Gasteiger partial charge is 0.119 e. The number of aryl methyl sites for hydroxylation is 1. The summed E-state index contributed by atoms with van der Waals surface area (Å²) in [7, 11) is 0. The van der Waals surface area contributed by atoms with Crippen LogP contribution in [0.3, 0.4) is 0 Å². The molecule has 18 heavy (non-hydrogen) atoms. The minimum atomic E-state index is 0.634. The number of anilines is 1. The van der Waals surface area contributed by atoms with E-state index in [-0.39, 0.29) is 0 Å². The molecule has 0 aromatic heterocycles. The van der Waals surface area contributed by atoms with Gasteiger partial charge in [0.15, 0.2) is 0 Å². The van der Waals surface area contributed by atoms with Crippen molar-refractivity contribution in [2.24, 2.45) is 0 Å². The second-order valence-electron chi connectivity index (χ2n) is 4.21. The first-order valence-electron chi connectivity index (χ1n) is 5.89. The van der Waals surface area contributed by atoms with Crippen LogP contribution in [-0.2, 0) is 6.42 Å². The SMILES string of the molecule is Cc1cc(OCCc2ccccc2N)ccc1Br. The summed E-state index contributed by atoms with van der Waals surface area (Å²) in [6.07, 6.45) is 0.821. The molecule has 0 spiro atoms. The van der Waals surface area contributed by atoms with Crippen LogP contribution in [0, 0.1) is 6.92 Å². The lowest BCUT2D eigenvalue weighted by Crippen LogP contribution is -2.03. The molecule has 0 amide bonds. The molecule has 2 N–H and O–H groups in total. The lowest BCUT2D eigenvalue weighted by atomic mass is 10.1. The fourth-order valence-corrected chi connectivity index (χ4v) is 1.99. The Morgan fingerprint density at radius 1 is 1.17 bits per heavy atom. The van der Waals surface area contributed by atoms with Crippen molar-refractivity contribution in [3.05, 3.63) is 58.1 Å². The summed E-state index contributed by atoms with van der Waals surface area (Å²) < 4.78 is 6.82. The van der Waals surface area contributed by atoms with Crippen LogP contribution in [0.2, 0.25) is 0 Å². The summed E-state index contributed by atoms with van der Waals surface area (Å²) in [6.45, 7) is 2.68. The molecule has 0 saturated carbocycles. The zero-order valence-electron chi connectivity index (χ0n) is 10.3. The van der Waals surface area contributed by atoms with Gasteiger partial charge in [-0.05, 0) is 42.3 Å². The number of hydrogen-bond donors (Lipinski definition) is 1. The van der Waals surface area contributed by atoms with E-state index in [9.17, 15) is 0 Å². The van der Waals surface area contributed by atoms with Gasteiger partial charge in [-0.2, -0.15) is 0 Å². The van der Waals surface area contributed by atoms with Gasteiger partial charge in [0.1, 0.15) is 5.75 Å². The second kappa shape index (κ2) is 5.91. The first kappa shape index (κ1) is 13.0. The van der Waals surface area contributed by atoms with Crippen LogP contribution in [0.25, 0.3) is 0 Å². The van der Waals surface area contributed by atoms with Gasteiger partial charge < -0.3 is 10.5 Å². The van der Waals surface area contributed by atoms with Gasteiger partial charge in [-0.3, -0.25) is 0 Å². The maximum absolute atomic E-state index is 5.88. The molecular weight excluding hydrogens is 290 g/mol. The molecule has 0 aliphatic carbocycles. The van der Waals surface area contributed by atoms with E-state index < -0.39 is 0 Å². The summed E-state index contributed by atoms with van der Waals surface area (Å²) in [5.41, 5.74) is 9.01. The Labute approximate surface area is 116 Å². The predicted octanol–water partition coefficient (Wildman–Crippen LogP) is 3.96. The van der Waals surface area contributed by atoms with Gasteiger partial charge in [0.2, 0.25) is 0 Å². The first-order valence-corrected chi connectivity index (χ1v) is 6.68. The van der Waals surface area contributed by atoms with Gasteiger partial charge in [-0.1, -0.05) is 34.1 Å². The van der Waals surface area contributed by atoms with Crippen molar-refractivity contribution < 1.29 is 4.74 Å². The maximum Gasteiger partial charge on any atom is 0.119 e. The summed E-state index contributed by atoms with van der Waals surface area (Å²) in [5.74, 6) is 0.894. The lowest BCUT2D eigenvalue weighted by molar-refractivity contribution is 0.322. The molecule has 2 nitrogen and oxygen atoms in total. The average molecular weight is 306 g/mol. The molecule has 0 atom stereocenters. The summed E-state index contributed by atoms with van der Waals surface area (Å²) >= 11 is 3.47. The quantitative estimate of drug-likeness (QED) is 0.868. The Balaban J connectivity index is 1.92. The largest absolute Gasteiger partial charge is 0.493 e. The topological polar surface area (TPSA) is 35.2 Å². The van der Waals surface area contributed by atoms with Crippen LogP contribution >= 0.6 is 15.9 Å². The first-order chi connectivity index (χ1) is 8.66. The molecule has 2 rings (SSSR count). The molecule has 0 radical (unpaired) electrons. The van der Waals surface area contributed by atoms with Crippen molar-refractivity contribution in [1.29, 1.82) is 0 Å². The number of benzene rings is 2. The van der Waals surface area contributed by atoms with Crippen molar-refractivity contribution in [3.8, 4) is 5.75 Å². The van der Waals surface area contributed by atoms with Gasteiger partial charge >= 0.3 is 0 Å². The molecule has 0 aliphatic heterocycles. The van der Waals surface area contributed by atoms with Crippen LogP contribution in [-0.4, -0.2) is 6.61 Å². The van der Waals surface area contributed by atoms with Crippen molar-refractivity contribution in [3.63, 3.8) is 0 Å². The fourth-order valence-electron chi connectivity index (χ4n) is 1.75. The Hall–Kier alpha value is -1.48. The highest BCUT2D eigenvalue weighted by Crippen LogP contribution is 2.22. The van der Waals surface area contributed by atoms with Gasteiger partial charge in [0, 0.05) is 16.6 Å². The maximum atomic E-state index is 5.88. The summed E-state index contributed by atoms with van der Waals surface area (Å²) in [6, 6.07) is 13.9. The van der Waals surface area contributed by atoms with E-state index >= 15 is 0 Å². The van der Waals surface area contributed by atoms with Gasteiger partial charge in [0.25, 0.3) is 0 Å². The van der Waals surface area contributed by atoms with Crippen LogP contribution < -0.4 is 10.5 Å². The second-order valence-corrected chi connectivity index (χ2v) is 5.06. The molecule has 0 unspecified atom stereocenters. The van der Waals surface area contributed by atoms with E-state index in [0.29, 0.717) is 6.61 Å². The Morgan fingerprint density at radius 3 is 2.67 bits per heavy atom. The molecule has 2 aromatic rings. The third-order valence-corrected chi connectivity index (χ3v) is 3.71. The van der Waals surface area contributed by atoms with Crippen molar-refractivity contribution in [1.82, 2.24) is 0 Å². The van der Waals surface area contributed by atoms with E-state index in [1.807, 2.05) is 49.4 Å². The van der Waals surface area contributed by atoms with E-state index in [2.05, 4.69) is 15.9 Å². The molecular formula is C15H16BrNO. The number of halogens is 1. The molecule has 94 valence electrons. The molecule has 0 fully saturated rings. The minimum absolute atomic E-state index is 0.634. The number of ether oxygens (including phenoxy) is 1. The molecule has 0 bridgehead atoms. The third kappa shape index (κ3) is 3.26. The van der Waals surface area contributed by atoms with E-state index in [4.69, 9.17) is 10.5 Å². The highest BCUT2D eigenvalue weighted by atomic mass is 79.9. The van der Waals surface area contributed by atoms with Crippen molar-refractivity contribution in [2.45, 2.75) is 13.3 Å². The van der Waals surface area contributed by atoms with Gasteiger partial charge in [-0.15, -0.1) is 0 Å². The number of nitrogen functional groups attached to an aromatic ring is 1. The Morgan fingerprint density at radius 2 is 1.94 bits per heavy atom. The number of rotatable bonds is 4. The van der Waals surface area contributed by atoms with Crippen LogP contribution in [0.5, 0.6) is 5.75 Å². The lowest BCUT2D eigenvalue weighted by Gasteiger charge is -2.09. The van der Waals surface area contributed by atoms with Gasteiger partial charge in [0.05, 0.1) is 6.61 Å². The van der Waals surface area contributed by atoms with E-state index in [1.165, 1.54) is 5.56 Å². The molecule has 0 aliphatic rings. The third-order valence-electron chi connectivity index (χ3n) is 2.82. The Kier molecular flexibility index (Phi) is 4.26. The van der Waals surface area contributed by atoms with Gasteiger partial charge in [-0.25, -0.2) is 0 Å². The molecule has 0 heterocycles. The number of para-hydroxylation sites is 1. The minimum Gasteiger partial charge on any atom is -0.493 e. The predicted molar refractivity (Wildman–Crippen MR) is 78.9 cm³/mol. The number of nitrogens with two attached hydrogens (primary N) is 1. The summed E-state index contributed by atoms with van der Waals surface area (Å²) in [4.78, 5) is 0.